The third kappa shape index (κ3) is 2.38. The van der Waals surface area contributed by atoms with Crippen LogP contribution in [0.3, 0.4) is 0 Å². The van der Waals surface area contributed by atoms with Crippen LogP contribution in [0.1, 0.15) is 24.8 Å². The molecule has 3 heteroatoms. The van der Waals surface area contributed by atoms with Gasteiger partial charge in [-0.05, 0) is 12.5 Å². The van der Waals surface area contributed by atoms with E-state index in [-0.39, 0.29) is 0 Å². The third-order valence-corrected chi connectivity index (χ3v) is 4.11. The summed E-state index contributed by atoms with van der Waals surface area (Å²) in [7, 11) is 0. The highest BCUT2D eigenvalue weighted by atomic mass is 16.5. The highest BCUT2D eigenvalue weighted by Crippen LogP contribution is 2.33. The van der Waals surface area contributed by atoms with Gasteiger partial charge in [0.25, 0.3) is 0 Å². The zero-order chi connectivity index (χ0) is 12.4. The normalized spacial score (nSPS) is 27.8. The molecule has 2 unspecified atom stereocenters. The summed E-state index contributed by atoms with van der Waals surface area (Å²) in [6, 6.07) is 9.14. The summed E-state index contributed by atoms with van der Waals surface area (Å²) in [6.45, 7) is 7.70. The second-order valence-electron chi connectivity index (χ2n) is 5.36. The van der Waals surface area contributed by atoms with Gasteiger partial charge in [0.1, 0.15) is 5.75 Å². The summed E-state index contributed by atoms with van der Waals surface area (Å²) in [6.07, 6.45) is 1.22. The summed E-state index contributed by atoms with van der Waals surface area (Å²) in [5.41, 5.74) is 1.39. The third-order valence-electron chi connectivity index (χ3n) is 4.11. The number of nitrogens with zero attached hydrogens (tertiary/aromatic N) is 1. The van der Waals surface area contributed by atoms with Crippen LogP contribution in [0.5, 0.6) is 5.75 Å². The molecule has 1 aromatic rings. The van der Waals surface area contributed by atoms with Crippen LogP contribution in [0.25, 0.3) is 0 Å². The fourth-order valence-electron chi connectivity index (χ4n) is 3.03. The maximum atomic E-state index is 5.76. The summed E-state index contributed by atoms with van der Waals surface area (Å²) >= 11 is 0. The van der Waals surface area contributed by atoms with Crippen molar-refractivity contribution in [2.75, 3.05) is 32.8 Å². The van der Waals surface area contributed by atoms with Crippen LogP contribution in [0.4, 0.5) is 0 Å². The number of para-hydroxylation sites is 1. The molecule has 0 bridgehead atoms. The van der Waals surface area contributed by atoms with Gasteiger partial charge >= 0.3 is 0 Å². The lowest BCUT2D eigenvalue weighted by Gasteiger charge is -2.34. The van der Waals surface area contributed by atoms with Gasteiger partial charge in [0.05, 0.1) is 6.61 Å². The van der Waals surface area contributed by atoms with Gasteiger partial charge in [-0.1, -0.05) is 25.1 Å². The lowest BCUT2D eigenvalue weighted by atomic mass is 10.00. The quantitative estimate of drug-likeness (QED) is 0.881. The standard InChI is InChI=1S/C15H22N2O/c1-2-13-10-17(8-7-16-13)9-12-11-18-15-6-4-3-5-14(12)15/h3-6,12-13,16H,2,7-11H2,1H3. The first-order valence-corrected chi connectivity index (χ1v) is 7.04. The highest BCUT2D eigenvalue weighted by molar-refractivity contribution is 5.39. The first kappa shape index (κ1) is 12.0. The van der Waals surface area contributed by atoms with Crippen LogP contribution in [0.2, 0.25) is 0 Å². The number of piperazine rings is 1. The second kappa shape index (κ2) is 5.29. The minimum atomic E-state index is 0.553. The molecule has 3 rings (SSSR count). The number of ether oxygens (including phenoxy) is 1. The molecule has 2 aliphatic heterocycles. The Bertz CT molecular complexity index is 407. The van der Waals surface area contributed by atoms with E-state index in [9.17, 15) is 0 Å². The first-order chi connectivity index (χ1) is 8.86. The van der Waals surface area contributed by atoms with Crippen LogP contribution in [-0.2, 0) is 0 Å². The Morgan fingerprint density at radius 1 is 1.39 bits per heavy atom. The molecule has 0 aliphatic carbocycles. The van der Waals surface area contributed by atoms with Gasteiger partial charge in [0.15, 0.2) is 0 Å². The number of hydrogen-bond donors (Lipinski definition) is 1. The second-order valence-corrected chi connectivity index (χ2v) is 5.36. The van der Waals surface area contributed by atoms with Gasteiger partial charge < -0.3 is 10.1 Å². The summed E-state index contributed by atoms with van der Waals surface area (Å²) in [5.74, 6) is 1.64. The van der Waals surface area contributed by atoms with E-state index in [0.717, 1.165) is 32.0 Å². The van der Waals surface area contributed by atoms with E-state index >= 15 is 0 Å². The molecule has 0 aromatic heterocycles. The molecular weight excluding hydrogens is 224 g/mol. The van der Waals surface area contributed by atoms with Crippen molar-refractivity contribution in [3.63, 3.8) is 0 Å². The van der Waals surface area contributed by atoms with E-state index in [1.54, 1.807) is 0 Å². The minimum Gasteiger partial charge on any atom is -0.493 e. The Balaban J connectivity index is 1.64. The number of fused-ring (bicyclic) bond motifs is 1. The Labute approximate surface area is 109 Å². The van der Waals surface area contributed by atoms with Crippen LogP contribution in [0, 0.1) is 0 Å². The Kier molecular flexibility index (Phi) is 3.52. The topological polar surface area (TPSA) is 24.5 Å². The summed E-state index contributed by atoms with van der Waals surface area (Å²) in [5, 5.41) is 3.57. The van der Waals surface area contributed by atoms with Crippen molar-refractivity contribution in [3.05, 3.63) is 29.8 Å². The van der Waals surface area contributed by atoms with E-state index in [0.29, 0.717) is 12.0 Å². The average Bonchev–Trinajstić information content (AvgIpc) is 2.83. The maximum absolute atomic E-state index is 5.76. The van der Waals surface area contributed by atoms with E-state index < -0.39 is 0 Å². The largest absolute Gasteiger partial charge is 0.493 e. The molecule has 0 spiro atoms. The van der Waals surface area contributed by atoms with Crippen LogP contribution in [-0.4, -0.2) is 43.7 Å². The molecule has 0 radical (unpaired) electrons. The van der Waals surface area contributed by atoms with Gasteiger partial charge in [-0.2, -0.15) is 0 Å². The molecule has 2 aliphatic rings. The Morgan fingerprint density at radius 2 is 2.28 bits per heavy atom. The van der Waals surface area contributed by atoms with Gasteiger partial charge in [0, 0.05) is 43.7 Å². The summed E-state index contributed by atoms with van der Waals surface area (Å²) < 4.78 is 5.76. The highest BCUT2D eigenvalue weighted by Gasteiger charge is 2.27. The van der Waals surface area contributed by atoms with Gasteiger partial charge in [-0.25, -0.2) is 0 Å². The monoisotopic (exact) mass is 246 g/mol. The fourth-order valence-corrected chi connectivity index (χ4v) is 3.03. The van der Waals surface area contributed by atoms with Crippen LogP contribution >= 0.6 is 0 Å². The van der Waals surface area contributed by atoms with E-state index in [2.05, 4.69) is 41.4 Å². The molecule has 0 saturated carbocycles. The molecule has 0 amide bonds. The maximum Gasteiger partial charge on any atom is 0.122 e. The summed E-state index contributed by atoms with van der Waals surface area (Å²) in [4.78, 5) is 2.58. The van der Waals surface area contributed by atoms with E-state index in [4.69, 9.17) is 4.74 Å². The van der Waals surface area contributed by atoms with Crippen molar-refractivity contribution in [1.29, 1.82) is 0 Å². The fraction of sp³-hybridized carbons (Fsp3) is 0.600. The van der Waals surface area contributed by atoms with Crippen molar-refractivity contribution < 1.29 is 4.74 Å². The molecule has 3 nitrogen and oxygen atoms in total. The predicted molar refractivity (Wildman–Crippen MR) is 73.2 cm³/mol. The number of nitrogens with one attached hydrogen (secondary N) is 1. The lowest BCUT2D eigenvalue weighted by molar-refractivity contribution is 0.177. The zero-order valence-electron chi connectivity index (χ0n) is 11.1. The predicted octanol–water partition coefficient (Wildman–Crippen LogP) is 1.85. The smallest absolute Gasteiger partial charge is 0.122 e. The van der Waals surface area contributed by atoms with Crippen molar-refractivity contribution in [3.8, 4) is 5.75 Å². The van der Waals surface area contributed by atoms with Gasteiger partial charge in [-0.15, -0.1) is 0 Å². The van der Waals surface area contributed by atoms with Crippen LogP contribution in [0.15, 0.2) is 24.3 Å². The van der Waals surface area contributed by atoms with Crippen molar-refractivity contribution in [1.82, 2.24) is 10.2 Å². The number of rotatable bonds is 3. The molecule has 1 aromatic carbocycles. The molecule has 1 saturated heterocycles. The minimum absolute atomic E-state index is 0.553. The molecule has 1 N–H and O–H groups in total. The molecule has 98 valence electrons. The molecule has 1 fully saturated rings. The number of hydrogen-bond acceptors (Lipinski definition) is 3. The molecule has 2 heterocycles. The van der Waals surface area contributed by atoms with Gasteiger partial charge in [-0.3, -0.25) is 4.90 Å². The lowest BCUT2D eigenvalue weighted by Crippen LogP contribution is -2.51. The SMILES string of the molecule is CCC1CN(CC2COc3ccccc32)CCN1. The number of benzene rings is 1. The average molecular weight is 246 g/mol. The van der Waals surface area contributed by atoms with Crippen molar-refractivity contribution in [2.45, 2.75) is 25.3 Å². The molecule has 18 heavy (non-hydrogen) atoms. The Morgan fingerprint density at radius 3 is 3.17 bits per heavy atom. The van der Waals surface area contributed by atoms with E-state index in [1.807, 2.05) is 0 Å². The van der Waals surface area contributed by atoms with Gasteiger partial charge in [0.2, 0.25) is 0 Å². The first-order valence-electron chi connectivity index (χ1n) is 7.04. The van der Waals surface area contributed by atoms with E-state index in [1.165, 1.54) is 18.5 Å². The Hall–Kier alpha value is -1.06. The van der Waals surface area contributed by atoms with Crippen molar-refractivity contribution >= 4 is 0 Å². The molecular formula is C15H22N2O. The molecule has 2 atom stereocenters. The zero-order valence-corrected chi connectivity index (χ0v) is 11.1. The van der Waals surface area contributed by atoms with Crippen LogP contribution < -0.4 is 10.1 Å². The van der Waals surface area contributed by atoms with Crippen molar-refractivity contribution in [2.24, 2.45) is 0 Å².